The Hall–Kier alpha value is -1.35. The predicted octanol–water partition coefficient (Wildman–Crippen LogP) is 2.04. The van der Waals surface area contributed by atoms with Crippen LogP contribution in [0, 0.1) is 5.92 Å². The minimum absolute atomic E-state index is 0.128. The second kappa shape index (κ2) is 5.74. The summed E-state index contributed by atoms with van der Waals surface area (Å²) in [7, 11) is 0. The quantitative estimate of drug-likeness (QED) is 0.870. The summed E-state index contributed by atoms with van der Waals surface area (Å²) in [4.78, 5) is 11.9. The molecule has 1 aromatic carbocycles. The third-order valence-corrected chi connectivity index (χ3v) is 3.66. The van der Waals surface area contributed by atoms with Gasteiger partial charge in [-0.25, -0.2) is 0 Å². The summed E-state index contributed by atoms with van der Waals surface area (Å²) in [5.41, 5.74) is 8.38. The van der Waals surface area contributed by atoms with E-state index in [0.717, 1.165) is 19.3 Å². The van der Waals surface area contributed by atoms with E-state index in [1.165, 1.54) is 11.1 Å². The summed E-state index contributed by atoms with van der Waals surface area (Å²) in [6.45, 7) is 4.38. The highest BCUT2D eigenvalue weighted by Gasteiger charge is 2.21. The van der Waals surface area contributed by atoms with Gasteiger partial charge in [0.25, 0.3) is 0 Å². The van der Waals surface area contributed by atoms with Crippen molar-refractivity contribution in [3.05, 3.63) is 35.4 Å². The number of hydrogen-bond acceptors (Lipinski definition) is 2. The average molecular weight is 260 g/mol. The molecular weight excluding hydrogens is 236 g/mol. The van der Waals surface area contributed by atoms with Gasteiger partial charge in [-0.2, -0.15) is 0 Å². The van der Waals surface area contributed by atoms with Crippen molar-refractivity contribution in [3.63, 3.8) is 0 Å². The van der Waals surface area contributed by atoms with E-state index in [1.54, 1.807) is 0 Å². The standard InChI is InChI=1S/C16H24N2O/c1-16(2,17)11-18-15(19)10-12-7-8-13-5-3-4-6-14(13)9-12/h3-6,12H,7-11,17H2,1-2H3,(H,18,19). The fourth-order valence-electron chi connectivity index (χ4n) is 2.61. The largest absolute Gasteiger partial charge is 0.354 e. The molecule has 1 aromatic rings. The normalized spacial score (nSPS) is 18.8. The highest BCUT2D eigenvalue weighted by atomic mass is 16.1. The molecule has 1 aliphatic rings. The summed E-state index contributed by atoms with van der Waals surface area (Å²) in [6, 6.07) is 8.55. The van der Waals surface area contributed by atoms with E-state index in [1.807, 2.05) is 13.8 Å². The molecule has 2 rings (SSSR count). The van der Waals surface area contributed by atoms with Gasteiger partial charge < -0.3 is 11.1 Å². The number of nitrogens with two attached hydrogens (primary N) is 1. The molecule has 3 heteroatoms. The maximum absolute atomic E-state index is 11.9. The number of nitrogens with one attached hydrogen (secondary N) is 1. The molecule has 1 amide bonds. The molecule has 104 valence electrons. The van der Waals surface area contributed by atoms with Crippen LogP contribution in [-0.4, -0.2) is 18.0 Å². The van der Waals surface area contributed by atoms with Gasteiger partial charge in [-0.05, 0) is 50.2 Å². The Labute approximate surface area is 115 Å². The lowest BCUT2D eigenvalue weighted by Crippen LogP contribution is -2.45. The molecular formula is C16H24N2O. The Morgan fingerprint density at radius 1 is 1.37 bits per heavy atom. The van der Waals surface area contributed by atoms with Crippen LogP contribution in [0.5, 0.6) is 0 Å². The monoisotopic (exact) mass is 260 g/mol. The Morgan fingerprint density at radius 3 is 2.74 bits per heavy atom. The van der Waals surface area contributed by atoms with E-state index in [0.29, 0.717) is 18.9 Å². The lowest BCUT2D eigenvalue weighted by atomic mass is 9.82. The molecule has 1 aliphatic carbocycles. The van der Waals surface area contributed by atoms with Crippen LogP contribution in [-0.2, 0) is 17.6 Å². The number of benzene rings is 1. The molecule has 0 aromatic heterocycles. The molecule has 1 unspecified atom stereocenters. The zero-order chi connectivity index (χ0) is 13.9. The van der Waals surface area contributed by atoms with Gasteiger partial charge in [0, 0.05) is 18.5 Å². The number of carbonyl (C=O) groups is 1. The minimum atomic E-state index is -0.338. The molecule has 0 saturated heterocycles. The van der Waals surface area contributed by atoms with E-state index in [4.69, 9.17) is 5.73 Å². The van der Waals surface area contributed by atoms with Crippen molar-refractivity contribution in [2.24, 2.45) is 11.7 Å². The van der Waals surface area contributed by atoms with E-state index in [2.05, 4.69) is 29.6 Å². The predicted molar refractivity (Wildman–Crippen MR) is 77.9 cm³/mol. The molecule has 0 bridgehead atoms. The van der Waals surface area contributed by atoms with Gasteiger partial charge in [0.2, 0.25) is 5.91 Å². The second-order valence-corrected chi connectivity index (χ2v) is 6.35. The molecule has 3 nitrogen and oxygen atoms in total. The van der Waals surface area contributed by atoms with Gasteiger partial charge in [-0.3, -0.25) is 4.79 Å². The summed E-state index contributed by atoms with van der Waals surface area (Å²) in [5, 5.41) is 2.93. The molecule has 0 heterocycles. The summed E-state index contributed by atoms with van der Waals surface area (Å²) >= 11 is 0. The van der Waals surface area contributed by atoms with Gasteiger partial charge in [0.15, 0.2) is 0 Å². The first-order chi connectivity index (χ1) is 8.94. The second-order valence-electron chi connectivity index (χ2n) is 6.35. The summed E-state index contributed by atoms with van der Waals surface area (Å²) < 4.78 is 0. The average Bonchev–Trinajstić information content (AvgIpc) is 2.35. The molecule has 0 aliphatic heterocycles. The number of carbonyl (C=O) groups excluding carboxylic acids is 1. The first-order valence-corrected chi connectivity index (χ1v) is 7.06. The van der Waals surface area contributed by atoms with Gasteiger partial charge in [0.05, 0.1) is 0 Å². The number of hydrogen-bond donors (Lipinski definition) is 2. The van der Waals surface area contributed by atoms with Crippen LogP contribution in [0.15, 0.2) is 24.3 Å². The lowest BCUT2D eigenvalue weighted by Gasteiger charge is -2.25. The SMILES string of the molecule is CC(C)(N)CNC(=O)CC1CCc2ccccc2C1. The van der Waals surface area contributed by atoms with Crippen LogP contribution in [0.25, 0.3) is 0 Å². The highest BCUT2D eigenvalue weighted by Crippen LogP contribution is 2.27. The zero-order valence-electron chi connectivity index (χ0n) is 11.9. The maximum atomic E-state index is 11.9. The van der Waals surface area contributed by atoms with Crippen molar-refractivity contribution in [1.29, 1.82) is 0 Å². The van der Waals surface area contributed by atoms with Crippen LogP contribution < -0.4 is 11.1 Å². The minimum Gasteiger partial charge on any atom is -0.354 e. The van der Waals surface area contributed by atoms with Crippen LogP contribution >= 0.6 is 0 Å². The first kappa shape index (κ1) is 14.1. The molecule has 0 fully saturated rings. The van der Waals surface area contributed by atoms with Crippen LogP contribution in [0.4, 0.5) is 0 Å². The fourth-order valence-corrected chi connectivity index (χ4v) is 2.61. The van der Waals surface area contributed by atoms with Crippen molar-refractivity contribution in [1.82, 2.24) is 5.32 Å². The van der Waals surface area contributed by atoms with Crippen molar-refractivity contribution in [2.75, 3.05) is 6.54 Å². The lowest BCUT2D eigenvalue weighted by molar-refractivity contribution is -0.122. The van der Waals surface area contributed by atoms with Crippen LogP contribution in [0.3, 0.4) is 0 Å². The Kier molecular flexibility index (Phi) is 4.25. The van der Waals surface area contributed by atoms with Crippen molar-refractivity contribution < 1.29 is 4.79 Å². The van der Waals surface area contributed by atoms with Gasteiger partial charge in [0.1, 0.15) is 0 Å². The maximum Gasteiger partial charge on any atom is 0.220 e. The summed E-state index contributed by atoms with van der Waals surface area (Å²) in [5.74, 6) is 0.596. The van der Waals surface area contributed by atoms with E-state index < -0.39 is 0 Å². The summed E-state index contributed by atoms with van der Waals surface area (Å²) in [6.07, 6.45) is 3.84. The number of amides is 1. The third kappa shape index (κ3) is 4.35. The van der Waals surface area contributed by atoms with Crippen molar-refractivity contribution in [2.45, 2.75) is 45.1 Å². The highest BCUT2D eigenvalue weighted by molar-refractivity contribution is 5.76. The molecule has 0 spiro atoms. The third-order valence-electron chi connectivity index (χ3n) is 3.66. The van der Waals surface area contributed by atoms with Gasteiger partial charge in [-0.15, -0.1) is 0 Å². The van der Waals surface area contributed by atoms with Crippen molar-refractivity contribution in [3.8, 4) is 0 Å². The van der Waals surface area contributed by atoms with E-state index in [-0.39, 0.29) is 11.4 Å². The number of fused-ring (bicyclic) bond motifs is 1. The van der Waals surface area contributed by atoms with Crippen LogP contribution in [0.2, 0.25) is 0 Å². The number of rotatable bonds is 4. The molecule has 19 heavy (non-hydrogen) atoms. The van der Waals surface area contributed by atoms with Crippen LogP contribution in [0.1, 0.15) is 37.8 Å². The smallest absolute Gasteiger partial charge is 0.220 e. The fraction of sp³-hybridized carbons (Fsp3) is 0.562. The number of aryl methyl sites for hydroxylation is 1. The molecule has 0 radical (unpaired) electrons. The Balaban J connectivity index is 1.84. The molecule has 3 N–H and O–H groups in total. The van der Waals surface area contributed by atoms with E-state index in [9.17, 15) is 4.79 Å². The molecule has 1 atom stereocenters. The zero-order valence-corrected chi connectivity index (χ0v) is 11.9. The van der Waals surface area contributed by atoms with Crippen molar-refractivity contribution >= 4 is 5.91 Å². The molecule has 0 saturated carbocycles. The van der Waals surface area contributed by atoms with E-state index >= 15 is 0 Å². The first-order valence-electron chi connectivity index (χ1n) is 7.06. The topological polar surface area (TPSA) is 55.1 Å². The van der Waals surface area contributed by atoms with Gasteiger partial charge in [-0.1, -0.05) is 24.3 Å². The Bertz CT molecular complexity index is 448. The Morgan fingerprint density at radius 2 is 2.05 bits per heavy atom. The van der Waals surface area contributed by atoms with Gasteiger partial charge >= 0.3 is 0 Å².